The second kappa shape index (κ2) is 6.14. The molecule has 3 heterocycles. The van der Waals surface area contributed by atoms with Crippen LogP contribution in [0.25, 0.3) is 17.1 Å². The second-order valence-electron chi connectivity index (χ2n) is 5.99. The van der Waals surface area contributed by atoms with Gasteiger partial charge in [0.05, 0.1) is 11.8 Å². The summed E-state index contributed by atoms with van der Waals surface area (Å²) < 4.78 is 13.4. The maximum atomic E-state index is 5.90. The van der Waals surface area contributed by atoms with Gasteiger partial charge in [-0.3, -0.25) is 0 Å². The molecular weight excluding hydrogens is 308 g/mol. The normalized spacial score (nSPS) is 21.9. The van der Waals surface area contributed by atoms with Crippen LogP contribution in [0.3, 0.4) is 0 Å². The number of morpholine rings is 1. The Kier molecular flexibility index (Phi) is 3.83. The quantitative estimate of drug-likeness (QED) is 0.724. The minimum Gasteiger partial charge on any atom is -0.418 e. The molecule has 1 saturated heterocycles. The molecule has 2 atom stereocenters. The molecule has 0 N–H and O–H groups in total. The van der Waals surface area contributed by atoms with Crippen molar-refractivity contribution in [2.24, 2.45) is 0 Å². The predicted molar refractivity (Wildman–Crippen MR) is 85.4 cm³/mol. The number of aromatic nitrogens is 5. The Morgan fingerprint density at radius 1 is 1.12 bits per heavy atom. The van der Waals surface area contributed by atoms with Crippen molar-refractivity contribution in [1.29, 1.82) is 0 Å². The first-order chi connectivity index (χ1) is 11.7. The van der Waals surface area contributed by atoms with Crippen LogP contribution in [0.1, 0.15) is 18.9 Å². The first-order valence-corrected chi connectivity index (χ1v) is 7.82. The van der Waals surface area contributed by atoms with Crippen LogP contribution >= 0.6 is 0 Å². The summed E-state index contributed by atoms with van der Waals surface area (Å²) in [6.07, 6.45) is 3.11. The largest absolute Gasteiger partial charge is 0.418 e. The van der Waals surface area contributed by atoms with Gasteiger partial charge in [-0.05, 0) is 38.2 Å². The van der Waals surface area contributed by atoms with Gasteiger partial charge in [-0.1, -0.05) is 0 Å². The van der Waals surface area contributed by atoms with E-state index in [0.29, 0.717) is 11.8 Å². The molecule has 2 aromatic heterocycles. The van der Waals surface area contributed by atoms with Gasteiger partial charge in [0.15, 0.2) is 0 Å². The van der Waals surface area contributed by atoms with E-state index < -0.39 is 0 Å². The standard InChI is InChI=1S/C16H18N6O2/c1-11-7-21(2)8-14(23-11)16-20-19-15(24-16)12-3-5-13(6-4-12)22-10-17-9-18-22/h3-6,9-11,14H,7-8H2,1-2H3/t11-,14-/m1/s1. The molecule has 1 aliphatic rings. The predicted octanol–water partition coefficient (Wildman–Crippen LogP) is 1.71. The van der Waals surface area contributed by atoms with Gasteiger partial charge in [0.25, 0.3) is 0 Å². The zero-order valence-electron chi connectivity index (χ0n) is 13.5. The highest BCUT2D eigenvalue weighted by molar-refractivity contribution is 5.55. The molecular formula is C16H18N6O2. The molecule has 3 aromatic rings. The summed E-state index contributed by atoms with van der Waals surface area (Å²) in [6, 6.07) is 7.71. The number of rotatable bonds is 3. The van der Waals surface area contributed by atoms with Gasteiger partial charge in [-0.2, -0.15) is 5.10 Å². The molecule has 0 radical (unpaired) electrons. The topological polar surface area (TPSA) is 82.1 Å². The van der Waals surface area contributed by atoms with Gasteiger partial charge in [-0.25, -0.2) is 9.67 Å². The number of ether oxygens (including phenoxy) is 1. The molecule has 4 rings (SSSR count). The van der Waals surface area contributed by atoms with E-state index in [2.05, 4.69) is 32.2 Å². The summed E-state index contributed by atoms with van der Waals surface area (Å²) >= 11 is 0. The lowest BCUT2D eigenvalue weighted by Crippen LogP contribution is -2.40. The van der Waals surface area contributed by atoms with Crippen LogP contribution in [0, 0.1) is 0 Å². The number of likely N-dealkylation sites (N-methyl/N-ethyl adjacent to an activating group) is 1. The van der Waals surface area contributed by atoms with Gasteiger partial charge in [-0.15, -0.1) is 10.2 Å². The third-order valence-corrected chi connectivity index (χ3v) is 3.96. The summed E-state index contributed by atoms with van der Waals surface area (Å²) in [4.78, 5) is 6.14. The smallest absolute Gasteiger partial charge is 0.247 e. The van der Waals surface area contributed by atoms with Crippen molar-refractivity contribution in [2.75, 3.05) is 20.1 Å². The van der Waals surface area contributed by atoms with Crippen molar-refractivity contribution in [1.82, 2.24) is 29.9 Å². The number of benzene rings is 1. The Labute approximate surface area is 139 Å². The van der Waals surface area contributed by atoms with Crippen LogP contribution in [-0.2, 0) is 4.74 Å². The first kappa shape index (κ1) is 15.0. The molecule has 8 heteroatoms. The Morgan fingerprint density at radius 2 is 1.96 bits per heavy atom. The zero-order chi connectivity index (χ0) is 16.5. The molecule has 8 nitrogen and oxygen atoms in total. The maximum absolute atomic E-state index is 5.90. The highest BCUT2D eigenvalue weighted by Gasteiger charge is 2.28. The molecule has 24 heavy (non-hydrogen) atoms. The van der Waals surface area contributed by atoms with Crippen molar-refractivity contribution in [3.8, 4) is 17.1 Å². The fourth-order valence-corrected chi connectivity index (χ4v) is 2.88. The molecule has 1 aliphatic heterocycles. The summed E-state index contributed by atoms with van der Waals surface area (Å²) in [7, 11) is 2.06. The third kappa shape index (κ3) is 2.93. The van der Waals surface area contributed by atoms with Crippen LogP contribution in [-0.4, -0.2) is 56.1 Å². The lowest BCUT2D eigenvalue weighted by atomic mass is 10.2. The van der Waals surface area contributed by atoms with Crippen LogP contribution in [0.2, 0.25) is 0 Å². The monoisotopic (exact) mass is 326 g/mol. The molecule has 0 unspecified atom stereocenters. The summed E-state index contributed by atoms with van der Waals surface area (Å²) in [5.74, 6) is 1.00. The highest BCUT2D eigenvalue weighted by Crippen LogP contribution is 2.26. The Balaban J connectivity index is 1.54. The SMILES string of the molecule is C[C@@H]1CN(C)C[C@H](c2nnc(-c3ccc(-n4cncn4)cc3)o2)O1. The van der Waals surface area contributed by atoms with Gasteiger partial charge in [0.1, 0.15) is 18.8 Å². The average molecular weight is 326 g/mol. The Hall–Kier alpha value is -2.58. The molecule has 1 fully saturated rings. The van der Waals surface area contributed by atoms with E-state index >= 15 is 0 Å². The molecule has 0 amide bonds. The highest BCUT2D eigenvalue weighted by atomic mass is 16.5. The van der Waals surface area contributed by atoms with E-state index in [0.717, 1.165) is 24.3 Å². The van der Waals surface area contributed by atoms with Crippen molar-refractivity contribution >= 4 is 0 Å². The van der Waals surface area contributed by atoms with E-state index in [9.17, 15) is 0 Å². The lowest BCUT2D eigenvalue weighted by Gasteiger charge is -2.32. The van der Waals surface area contributed by atoms with E-state index in [1.807, 2.05) is 31.2 Å². The minimum atomic E-state index is -0.186. The maximum Gasteiger partial charge on any atom is 0.247 e. The fourth-order valence-electron chi connectivity index (χ4n) is 2.88. The van der Waals surface area contributed by atoms with Crippen LogP contribution < -0.4 is 0 Å². The summed E-state index contributed by atoms with van der Waals surface area (Å²) in [5, 5.41) is 12.4. The fraction of sp³-hybridized carbons (Fsp3) is 0.375. The average Bonchev–Trinajstić information content (AvgIpc) is 3.26. The number of nitrogens with zero attached hydrogens (tertiary/aromatic N) is 6. The summed E-state index contributed by atoms with van der Waals surface area (Å²) in [6.45, 7) is 3.70. The van der Waals surface area contributed by atoms with Gasteiger partial charge >= 0.3 is 0 Å². The van der Waals surface area contributed by atoms with Gasteiger partial charge < -0.3 is 14.1 Å². The van der Waals surface area contributed by atoms with Gasteiger partial charge in [0, 0.05) is 18.7 Å². The molecule has 124 valence electrons. The van der Waals surface area contributed by atoms with Crippen molar-refractivity contribution in [3.05, 3.63) is 42.8 Å². The zero-order valence-corrected chi connectivity index (χ0v) is 13.5. The van der Waals surface area contributed by atoms with E-state index in [-0.39, 0.29) is 12.2 Å². The van der Waals surface area contributed by atoms with Crippen LogP contribution in [0.5, 0.6) is 0 Å². The molecule has 1 aromatic carbocycles. The molecule has 0 spiro atoms. The third-order valence-electron chi connectivity index (χ3n) is 3.96. The van der Waals surface area contributed by atoms with E-state index in [1.165, 1.54) is 6.33 Å². The first-order valence-electron chi connectivity index (χ1n) is 7.82. The van der Waals surface area contributed by atoms with E-state index in [1.54, 1.807) is 11.0 Å². The van der Waals surface area contributed by atoms with Crippen molar-refractivity contribution in [2.45, 2.75) is 19.1 Å². The van der Waals surface area contributed by atoms with Crippen molar-refractivity contribution in [3.63, 3.8) is 0 Å². The lowest BCUT2D eigenvalue weighted by molar-refractivity contribution is -0.0821. The number of hydrogen-bond donors (Lipinski definition) is 0. The second-order valence-corrected chi connectivity index (χ2v) is 5.99. The van der Waals surface area contributed by atoms with Crippen LogP contribution in [0.4, 0.5) is 0 Å². The van der Waals surface area contributed by atoms with E-state index in [4.69, 9.17) is 9.15 Å². The Morgan fingerprint density at radius 3 is 2.67 bits per heavy atom. The molecule has 0 bridgehead atoms. The molecule has 0 aliphatic carbocycles. The molecule has 0 saturated carbocycles. The van der Waals surface area contributed by atoms with Gasteiger partial charge in [0.2, 0.25) is 11.8 Å². The Bertz CT molecular complexity index is 788. The van der Waals surface area contributed by atoms with Crippen molar-refractivity contribution < 1.29 is 9.15 Å². The minimum absolute atomic E-state index is 0.145. The number of hydrogen-bond acceptors (Lipinski definition) is 7. The summed E-state index contributed by atoms with van der Waals surface area (Å²) in [5.41, 5.74) is 1.77. The van der Waals surface area contributed by atoms with Crippen LogP contribution in [0.15, 0.2) is 41.3 Å².